The molecular formula is C35H36ClN5O6S. The van der Waals surface area contributed by atoms with Crippen molar-refractivity contribution in [3.8, 4) is 5.75 Å². The third kappa shape index (κ3) is 5.36. The second-order valence-corrected chi connectivity index (χ2v) is 14.6. The molecule has 1 atom stereocenters. The van der Waals surface area contributed by atoms with Crippen molar-refractivity contribution in [2.24, 2.45) is 0 Å². The number of sulfonamides is 1. The average Bonchev–Trinajstić information content (AvgIpc) is 3.35. The zero-order chi connectivity index (χ0) is 33.6. The summed E-state index contributed by atoms with van der Waals surface area (Å²) < 4.78 is 42.0. The van der Waals surface area contributed by atoms with Gasteiger partial charge >= 0.3 is 6.09 Å². The van der Waals surface area contributed by atoms with E-state index in [4.69, 9.17) is 21.1 Å². The van der Waals surface area contributed by atoms with Crippen LogP contribution < -0.4 is 9.04 Å². The molecule has 3 aliphatic rings. The van der Waals surface area contributed by atoms with Crippen molar-refractivity contribution in [1.82, 2.24) is 19.7 Å². The van der Waals surface area contributed by atoms with E-state index in [9.17, 15) is 13.2 Å². The number of ether oxygens (including phenoxy) is 2. The quantitative estimate of drug-likeness (QED) is 0.284. The highest BCUT2D eigenvalue weighted by Gasteiger charge is 2.61. The lowest BCUT2D eigenvalue weighted by molar-refractivity contribution is -0.132. The van der Waals surface area contributed by atoms with Gasteiger partial charge in [0.05, 0.1) is 23.9 Å². The fourth-order valence-electron chi connectivity index (χ4n) is 7.13. The molecule has 11 nitrogen and oxygen atoms in total. The highest BCUT2D eigenvalue weighted by molar-refractivity contribution is 7.93. The minimum Gasteiger partial charge on any atom is -0.496 e. The molecule has 4 heterocycles. The van der Waals surface area contributed by atoms with Crippen LogP contribution in [0.5, 0.6) is 5.75 Å². The predicted octanol–water partition coefficient (Wildman–Crippen LogP) is 4.72. The van der Waals surface area contributed by atoms with Crippen LogP contribution in [0, 0.1) is 0 Å². The molecule has 0 bridgehead atoms. The van der Waals surface area contributed by atoms with Crippen LogP contribution in [0.15, 0.2) is 83.9 Å². The number of rotatable bonds is 6. The van der Waals surface area contributed by atoms with Gasteiger partial charge in [-0.15, -0.1) is 0 Å². The Hall–Kier alpha value is -4.23. The van der Waals surface area contributed by atoms with E-state index < -0.39 is 27.6 Å². The molecule has 0 spiro atoms. The lowest BCUT2D eigenvalue weighted by atomic mass is 9.86. The van der Waals surface area contributed by atoms with Crippen molar-refractivity contribution in [2.45, 2.75) is 29.4 Å². The van der Waals surface area contributed by atoms with Gasteiger partial charge in [-0.05, 0) is 69.4 Å². The number of methoxy groups -OCH3 is 1. The number of hydrogen-bond acceptors (Lipinski definition) is 9. The molecule has 250 valence electrons. The number of hydrogen-bond donors (Lipinski definition) is 0. The molecule has 0 radical (unpaired) electrons. The van der Waals surface area contributed by atoms with Crippen LogP contribution in [0.25, 0.3) is 10.9 Å². The van der Waals surface area contributed by atoms with Gasteiger partial charge < -0.3 is 19.3 Å². The first-order valence-corrected chi connectivity index (χ1v) is 17.7. The number of pyridine rings is 1. The number of benzene rings is 3. The summed E-state index contributed by atoms with van der Waals surface area (Å²) in [5, 5.41) is 0.818. The molecule has 13 heteroatoms. The van der Waals surface area contributed by atoms with Gasteiger partial charge in [0.15, 0.2) is 0 Å². The first-order chi connectivity index (χ1) is 23.1. The van der Waals surface area contributed by atoms with Crippen LogP contribution in [-0.4, -0.2) is 99.6 Å². The van der Waals surface area contributed by atoms with Crippen LogP contribution in [0.2, 0.25) is 5.02 Å². The van der Waals surface area contributed by atoms with Crippen molar-refractivity contribution < 1.29 is 27.5 Å². The number of piperidine rings is 1. The minimum atomic E-state index is -4.60. The first-order valence-electron chi connectivity index (χ1n) is 15.9. The third-order valence-electron chi connectivity index (χ3n) is 9.66. The molecule has 2 fully saturated rings. The van der Waals surface area contributed by atoms with Crippen LogP contribution in [0.4, 0.5) is 10.5 Å². The smallest absolute Gasteiger partial charge is 0.411 e. The normalized spacial score (nSPS) is 21.0. The largest absolute Gasteiger partial charge is 0.496 e. The summed E-state index contributed by atoms with van der Waals surface area (Å²) in [4.78, 5) is 39.7. The molecule has 0 aliphatic carbocycles. The summed E-state index contributed by atoms with van der Waals surface area (Å²) >= 11 is 6.52. The Kier molecular flexibility index (Phi) is 8.53. The number of para-hydroxylation sites is 2. The van der Waals surface area contributed by atoms with Crippen molar-refractivity contribution in [2.75, 3.05) is 57.7 Å². The van der Waals surface area contributed by atoms with E-state index in [1.54, 1.807) is 53.4 Å². The Morgan fingerprint density at radius 1 is 0.917 bits per heavy atom. The highest BCUT2D eigenvalue weighted by Crippen LogP contribution is 2.52. The van der Waals surface area contributed by atoms with Crippen LogP contribution in [0.3, 0.4) is 0 Å². The summed E-state index contributed by atoms with van der Waals surface area (Å²) in [6, 6.07) is 19.7. The average molecular weight is 690 g/mol. The van der Waals surface area contributed by atoms with Gasteiger partial charge in [0.1, 0.15) is 10.6 Å². The second-order valence-electron chi connectivity index (χ2n) is 12.4. The molecule has 2 amide bonds. The highest BCUT2D eigenvalue weighted by atomic mass is 35.5. The molecule has 7 rings (SSSR count). The summed E-state index contributed by atoms with van der Waals surface area (Å²) in [6.45, 7) is 4.19. The minimum absolute atomic E-state index is 0.0168. The molecule has 4 aromatic rings. The maximum Gasteiger partial charge on any atom is 0.411 e. The summed E-state index contributed by atoms with van der Waals surface area (Å²) in [5.41, 5.74) is -1.73. The summed E-state index contributed by atoms with van der Waals surface area (Å²) in [6.07, 6.45) is 2.89. The summed E-state index contributed by atoms with van der Waals surface area (Å²) in [5.74, 6) is -0.752. The lowest BCUT2D eigenvalue weighted by Gasteiger charge is -2.42. The number of aromatic nitrogens is 1. The van der Waals surface area contributed by atoms with Gasteiger partial charge in [0.25, 0.3) is 15.9 Å². The van der Waals surface area contributed by atoms with E-state index in [2.05, 4.69) is 21.8 Å². The van der Waals surface area contributed by atoms with Crippen molar-refractivity contribution in [1.29, 1.82) is 0 Å². The lowest BCUT2D eigenvalue weighted by Crippen LogP contribution is -2.55. The predicted molar refractivity (Wildman–Crippen MR) is 182 cm³/mol. The Balaban J connectivity index is 1.31. The molecule has 1 unspecified atom stereocenters. The standard InChI is InChI=1S/C35H36ClN5O6S/c1-38-17-14-26(15-18-38)39-19-21-40(22-20-39)34(43)47-35(27-9-3-4-10-30(27)46-2)28-23-25(36)12-13-29(28)41(33(35)42)48(44,45)31-11-5-7-24-8-6-16-37-32(24)31/h3-13,16,23,26H,14-15,17-22H2,1-2H3. The van der Waals surface area contributed by atoms with Crippen LogP contribution in [0.1, 0.15) is 24.0 Å². The van der Waals surface area contributed by atoms with E-state index >= 15 is 4.79 Å². The van der Waals surface area contributed by atoms with E-state index in [1.165, 1.54) is 37.6 Å². The number of amides is 2. The molecule has 48 heavy (non-hydrogen) atoms. The van der Waals surface area contributed by atoms with E-state index in [-0.39, 0.29) is 38.0 Å². The zero-order valence-corrected chi connectivity index (χ0v) is 28.3. The molecule has 2 saturated heterocycles. The topological polar surface area (TPSA) is 113 Å². The van der Waals surface area contributed by atoms with Gasteiger partial charge in [-0.3, -0.25) is 14.7 Å². The van der Waals surface area contributed by atoms with E-state index in [1.807, 2.05) is 0 Å². The number of nitrogens with zero attached hydrogens (tertiary/aromatic N) is 5. The van der Waals surface area contributed by atoms with E-state index in [0.717, 1.165) is 25.9 Å². The Labute approximate surface area is 284 Å². The number of fused-ring (bicyclic) bond motifs is 2. The van der Waals surface area contributed by atoms with Gasteiger partial charge in [-0.1, -0.05) is 48.0 Å². The molecular weight excluding hydrogens is 654 g/mol. The molecule has 1 aromatic heterocycles. The fraction of sp³-hybridized carbons (Fsp3) is 0.343. The fourth-order valence-corrected chi connectivity index (χ4v) is 8.93. The van der Waals surface area contributed by atoms with Gasteiger partial charge in [0.2, 0.25) is 5.60 Å². The van der Waals surface area contributed by atoms with Gasteiger partial charge in [-0.25, -0.2) is 13.2 Å². The number of likely N-dealkylation sites (tertiary alicyclic amines) is 1. The SMILES string of the molecule is COc1ccccc1C1(OC(=O)N2CCN(C3CCN(C)CC3)CC2)C(=O)N(S(=O)(=O)c2cccc3cccnc23)c2ccc(Cl)cc21. The van der Waals surface area contributed by atoms with Crippen LogP contribution in [-0.2, 0) is 25.2 Å². The van der Waals surface area contributed by atoms with Crippen LogP contribution >= 0.6 is 11.6 Å². The number of carbonyl (C=O) groups is 2. The maximum atomic E-state index is 15.0. The Morgan fingerprint density at radius 2 is 1.65 bits per heavy atom. The van der Waals surface area contributed by atoms with E-state index in [0.29, 0.717) is 41.9 Å². The van der Waals surface area contributed by atoms with Crippen molar-refractivity contribution in [3.05, 3.63) is 95.1 Å². The summed E-state index contributed by atoms with van der Waals surface area (Å²) in [7, 11) is -1.04. The maximum absolute atomic E-state index is 15.0. The molecule has 0 N–H and O–H groups in total. The number of carbonyl (C=O) groups excluding carboxylic acids is 2. The van der Waals surface area contributed by atoms with Gasteiger partial charge in [0, 0.05) is 54.4 Å². The monoisotopic (exact) mass is 689 g/mol. The first kappa shape index (κ1) is 32.3. The third-order valence-corrected chi connectivity index (χ3v) is 11.6. The second kappa shape index (κ2) is 12.7. The molecule has 3 aromatic carbocycles. The van der Waals surface area contributed by atoms with Gasteiger partial charge in [-0.2, -0.15) is 4.31 Å². The molecule has 3 aliphatic heterocycles. The van der Waals surface area contributed by atoms with Crippen molar-refractivity contribution >= 4 is 50.2 Å². The number of halogens is 1. The zero-order valence-electron chi connectivity index (χ0n) is 26.7. The van der Waals surface area contributed by atoms with Crippen molar-refractivity contribution in [3.63, 3.8) is 0 Å². The Bertz CT molecular complexity index is 1990. The molecule has 0 saturated carbocycles. The number of piperazine rings is 1. The Morgan fingerprint density at radius 3 is 2.40 bits per heavy atom. The number of anilines is 1.